The fourth-order valence-corrected chi connectivity index (χ4v) is 9.10. The van der Waals surface area contributed by atoms with E-state index in [1.807, 2.05) is 6.08 Å². The minimum atomic E-state index is 0.0790. The highest BCUT2D eigenvalue weighted by Gasteiger charge is 2.60. The predicted octanol–water partition coefficient (Wildman–Crippen LogP) is 7.81. The first-order chi connectivity index (χ1) is 13.7. The van der Waals surface area contributed by atoms with Gasteiger partial charge in [-0.1, -0.05) is 53.9 Å². The van der Waals surface area contributed by atoms with Gasteiger partial charge in [0.1, 0.15) is 0 Å². The molecule has 0 aromatic heterocycles. The zero-order valence-electron chi connectivity index (χ0n) is 19.5. The van der Waals surface area contributed by atoms with Crippen molar-refractivity contribution in [3.05, 3.63) is 11.6 Å². The van der Waals surface area contributed by atoms with Gasteiger partial charge in [0.15, 0.2) is 5.78 Å². The van der Waals surface area contributed by atoms with E-state index >= 15 is 0 Å². The van der Waals surface area contributed by atoms with Gasteiger partial charge >= 0.3 is 0 Å². The molecule has 0 amide bonds. The second-order valence-corrected chi connectivity index (χ2v) is 12.6. The second-order valence-electron chi connectivity index (χ2n) is 12.1. The van der Waals surface area contributed by atoms with Gasteiger partial charge in [-0.05, 0) is 96.5 Å². The molecule has 0 aromatic carbocycles. The largest absolute Gasteiger partial charge is 0.295 e. The maximum Gasteiger partial charge on any atom is 0.155 e. The van der Waals surface area contributed by atoms with Crippen LogP contribution in [0, 0.1) is 46.3 Å². The summed E-state index contributed by atoms with van der Waals surface area (Å²) in [6.07, 6.45) is 14.6. The van der Waals surface area contributed by atoms with Gasteiger partial charge in [-0.3, -0.25) is 4.79 Å². The van der Waals surface area contributed by atoms with Gasteiger partial charge in [-0.2, -0.15) is 0 Å². The number of allylic oxidation sites excluding steroid dienone is 1. The fraction of sp³-hybridized carbons (Fsp3) is 0.889. The van der Waals surface area contributed by atoms with Gasteiger partial charge in [0.05, 0.1) is 5.38 Å². The van der Waals surface area contributed by atoms with E-state index < -0.39 is 0 Å². The van der Waals surface area contributed by atoms with Crippen molar-refractivity contribution in [2.75, 3.05) is 0 Å². The quantitative estimate of drug-likeness (QED) is 0.416. The molecule has 0 aliphatic heterocycles. The van der Waals surface area contributed by atoms with Crippen LogP contribution in [-0.2, 0) is 4.79 Å². The summed E-state index contributed by atoms with van der Waals surface area (Å²) < 4.78 is 0. The van der Waals surface area contributed by atoms with E-state index in [-0.39, 0.29) is 10.8 Å². The van der Waals surface area contributed by atoms with Crippen LogP contribution in [0.3, 0.4) is 0 Å². The number of carbonyl (C=O) groups is 1. The van der Waals surface area contributed by atoms with Crippen LogP contribution in [0.25, 0.3) is 0 Å². The number of carbonyl (C=O) groups excluding carboxylic acids is 1. The number of ketones is 1. The van der Waals surface area contributed by atoms with Crippen LogP contribution < -0.4 is 0 Å². The van der Waals surface area contributed by atoms with Crippen molar-refractivity contribution >= 4 is 17.4 Å². The van der Waals surface area contributed by atoms with Crippen LogP contribution in [-0.4, -0.2) is 11.2 Å². The summed E-state index contributed by atoms with van der Waals surface area (Å²) in [6, 6.07) is 0. The summed E-state index contributed by atoms with van der Waals surface area (Å²) in [5, 5.41) is 0.0790. The summed E-state index contributed by atoms with van der Waals surface area (Å²) in [5.74, 6) is 5.23. The zero-order valence-corrected chi connectivity index (χ0v) is 20.2. The van der Waals surface area contributed by atoms with E-state index in [1.54, 1.807) is 0 Å². The molecule has 164 valence electrons. The van der Waals surface area contributed by atoms with Crippen molar-refractivity contribution in [1.29, 1.82) is 0 Å². The van der Waals surface area contributed by atoms with Gasteiger partial charge in [0.2, 0.25) is 0 Å². The van der Waals surface area contributed by atoms with Crippen LogP contribution in [0.2, 0.25) is 0 Å². The lowest BCUT2D eigenvalue weighted by atomic mass is 9.46. The Morgan fingerprint density at radius 1 is 1.07 bits per heavy atom. The molecule has 8 atom stereocenters. The Bertz CT molecular complexity index is 665. The monoisotopic (exact) mass is 418 g/mol. The van der Waals surface area contributed by atoms with Crippen molar-refractivity contribution in [3.63, 3.8) is 0 Å². The molecular weight excluding hydrogens is 376 g/mol. The van der Waals surface area contributed by atoms with E-state index in [1.165, 1.54) is 50.5 Å². The molecule has 1 nitrogen and oxygen atoms in total. The molecule has 0 unspecified atom stereocenters. The molecule has 3 fully saturated rings. The predicted molar refractivity (Wildman–Crippen MR) is 123 cm³/mol. The standard InChI is InChI=1S/C27H43ClO/c1-17(2)7-6-8-18(3)21-9-10-22-20-16-25(28)24-15-19(29)11-13-27(24,5)23(20)12-14-26(21,22)4/h15,17-18,20-23,25H,6-14,16H2,1-5H3/t18-,20+,21-,22+,23+,25+,26-,27-/m1/s1. The minimum Gasteiger partial charge on any atom is -0.295 e. The highest BCUT2D eigenvalue weighted by molar-refractivity contribution is 6.23. The fourth-order valence-electron chi connectivity index (χ4n) is 8.58. The van der Waals surface area contributed by atoms with Gasteiger partial charge < -0.3 is 0 Å². The number of hydrogen-bond donors (Lipinski definition) is 0. The van der Waals surface area contributed by atoms with E-state index in [9.17, 15) is 4.79 Å². The highest BCUT2D eigenvalue weighted by atomic mass is 35.5. The molecular formula is C27H43ClO. The third kappa shape index (κ3) is 3.66. The molecule has 2 heteroatoms. The molecule has 0 spiro atoms. The smallest absolute Gasteiger partial charge is 0.155 e. The Kier molecular flexibility index (Phi) is 6.04. The van der Waals surface area contributed by atoms with Gasteiger partial charge in [0.25, 0.3) is 0 Å². The lowest BCUT2D eigenvalue weighted by Gasteiger charge is -2.59. The molecule has 0 N–H and O–H groups in total. The van der Waals surface area contributed by atoms with Crippen molar-refractivity contribution in [2.24, 2.45) is 46.3 Å². The van der Waals surface area contributed by atoms with Crippen molar-refractivity contribution < 1.29 is 4.79 Å². The topological polar surface area (TPSA) is 17.1 Å². The molecule has 4 rings (SSSR count). The molecule has 0 bridgehead atoms. The third-order valence-corrected chi connectivity index (χ3v) is 10.6. The summed E-state index contributed by atoms with van der Waals surface area (Å²) >= 11 is 6.98. The lowest BCUT2D eigenvalue weighted by Crippen LogP contribution is -2.53. The minimum absolute atomic E-state index is 0.0790. The Hall–Kier alpha value is -0.300. The van der Waals surface area contributed by atoms with Crippen LogP contribution >= 0.6 is 11.6 Å². The van der Waals surface area contributed by atoms with Crippen molar-refractivity contribution in [1.82, 2.24) is 0 Å². The van der Waals surface area contributed by atoms with Gasteiger partial charge in [0, 0.05) is 6.42 Å². The van der Waals surface area contributed by atoms with Crippen molar-refractivity contribution in [3.8, 4) is 0 Å². The number of halogens is 1. The Labute approximate surface area is 184 Å². The van der Waals surface area contributed by atoms with Crippen molar-refractivity contribution in [2.45, 2.75) is 104 Å². The number of hydrogen-bond acceptors (Lipinski definition) is 1. The van der Waals surface area contributed by atoms with E-state index in [0.29, 0.717) is 11.2 Å². The van der Waals surface area contributed by atoms with Gasteiger partial charge in [-0.15, -0.1) is 11.6 Å². The molecule has 4 aliphatic rings. The van der Waals surface area contributed by atoms with Crippen LogP contribution in [0.5, 0.6) is 0 Å². The Balaban J connectivity index is 1.53. The second kappa shape index (κ2) is 7.99. The number of fused-ring (bicyclic) bond motifs is 5. The SMILES string of the molecule is CC(C)CCC[C@@H](C)[C@H]1CC[C@H]2[C@@H]3C[C@H](Cl)C4=CC(=O)CC[C@]4(C)[C@H]3CC[C@]12C. The van der Waals surface area contributed by atoms with Crippen LogP contribution in [0.4, 0.5) is 0 Å². The number of alkyl halides is 1. The molecule has 0 heterocycles. The summed E-state index contributed by atoms with van der Waals surface area (Å²) in [7, 11) is 0. The van der Waals surface area contributed by atoms with Gasteiger partial charge in [-0.25, -0.2) is 0 Å². The van der Waals surface area contributed by atoms with Crippen LogP contribution in [0.15, 0.2) is 11.6 Å². The summed E-state index contributed by atoms with van der Waals surface area (Å²) in [4.78, 5) is 12.1. The average Bonchev–Trinajstić information content (AvgIpc) is 3.00. The summed E-state index contributed by atoms with van der Waals surface area (Å²) in [5.41, 5.74) is 1.97. The maximum absolute atomic E-state index is 12.1. The highest BCUT2D eigenvalue weighted by Crippen LogP contribution is 2.68. The molecule has 4 aliphatic carbocycles. The molecule has 29 heavy (non-hydrogen) atoms. The first kappa shape index (κ1) is 21.9. The number of rotatable bonds is 5. The van der Waals surface area contributed by atoms with E-state index in [2.05, 4.69) is 34.6 Å². The maximum atomic E-state index is 12.1. The first-order valence-electron chi connectivity index (χ1n) is 12.6. The third-order valence-electron chi connectivity index (χ3n) is 10.1. The van der Waals surface area contributed by atoms with E-state index in [0.717, 1.165) is 54.8 Å². The molecule has 0 radical (unpaired) electrons. The lowest BCUT2D eigenvalue weighted by molar-refractivity contribution is -0.117. The Morgan fingerprint density at radius 3 is 2.55 bits per heavy atom. The first-order valence-corrected chi connectivity index (χ1v) is 13.0. The molecule has 0 aromatic rings. The average molecular weight is 419 g/mol. The molecule has 3 saturated carbocycles. The summed E-state index contributed by atoms with van der Waals surface area (Å²) in [6.45, 7) is 12.3. The zero-order chi connectivity index (χ0) is 21.0. The van der Waals surface area contributed by atoms with E-state index in [4.69, 9.17) is 11.6 Å². The normalized spacial score (nSPS) is 45.4. The molecule has 0 saturated heterocycles. The Morgan fingerprint density at radius 2 is 1.83 bits per heavy atom. The van der Waals surface area contributed by atoms with Crippen LogP contribution in [0.1, 0.15) is 98.8 Å².